The lowest BCUT2D eigenvalue weighted by molar-refractivity contribution is -0.120. The molecule has 2 atom stereocenters. The minimum atomic E-state index is -0.644. The molecule has 0 saturated carbocycles. The minimum absolute atomic E-state index is 0.265. The number of fused-ring (bicyclic) bond motifs is 4. The fourth-order valence-corrected chi connectivity index (χ4v) is 6.30. The van der Waals surface area contributed by atoms with Crippen LogP contribution in [0.15, 0.2) is 97.1 Å². The largest absolute Gasteiger partial charge is 0.496 e. The van der Waals surface area contributed by atoms with Crippen LogP contribution in [0.5, 0.6) is 5.75 Å². The smallest absolute Gasteiger partial charge is 0.332 e. The summed E-state index contributed by atoms with van der Waals surface area (Å²) in [6.07, 6.45) is 0.423. The number of urea groups is 1. The number of nitrogens with one attached hydrogen (secondary N) is 2. The number of ether oxygens (including phenoxy) is 1. The van der Waals surface area contributed by atoms with E-state index < -0.39 is 12.1 Å². The summed E-state index contributed by atoms with van der Waals surface area (Å²) in [5, 5.41) is 3.97. The molecule has 4 amide bonds. The molecule has 43 heavy (non-hydrogen) atoms. The highest BCUT2D eigenvalue weighted by molar-refractivity contribution is 6.22. The lowest BCUT2D eigenvalue weighted by Gasteiger charge is -2.36. The van der Waals surface area contributed by atoms with E-state index in [1.54, 1.807) is 36.3 Å². The zero-order valence-electron chi connectivity index (χ0n) is 23.8. The van der Waals surface area contributed by atoms with Crippen molar-refractivity contribution in [2.75, 3.05) is 12.0 Å². The molecule has 2 aliphatic heterocycles. The van der Waals surface area contributed by atoms with Gasteiger partial charge in [0.1, 0.15) is 17.8 Å². The number of para-hydroxylation sites is 2. The van der Waals surface area contributed by atoms with Crippen molar-refractivity contribution < 1.29 is 19.1 Å². The Morgan fingerprint density at radius 1 is 0.930 bits per heavy atom. The molecule has 0 unspecified atom stereocenters. The van der Waals surface area contributed by atoms with Gasteiger partial charge in [-0.2, -0.15) is 0 Å². The molecular formula is C35H30N4O4. The van der Waals surface area contributed by atoms with Gasteiger partial charge in [0.2, 0.25) is 0 Å². The zero-order valence-corrected chi connectivity index (χ0v) is 23.8. The van der Waals surface area contributed by atoms with Gasteiger partial charge in [-0.05, 0) is 54.4 Å². The summed E-state index contributed by atoms with van der Waals surface area (Å²) in [6.45, 7) is 2.33. The van der Waals surface area contributed by atoms with Crippen molar-refractivity contribution in [2.45, 2.75) is 32.0 Å². The van der Waals surface area contributed by atoms with Crippen molar-refractivity contribution in [1.29, 1.82) is 0 Å². The average Bonchev–Trinajstić information content (AvgIpc) is 3.53. The number of hydrogen-bond donors (Lipinski definition) is 2. The van der Waals surface area contributed by atoms with E-state index in [-0.39, 0.29) is 17.8 Å². The van der Waals surface area contributed by atoms with Crippen LogP contribution >= 0.6 is 0 Å². The number of aryl methyl sites for hydroxylation is 1. The highest BCUT2D eigenvalue weighted by Gasteiger charge is 2.53. The number of nitrogens with zero attached hydrogens (tertiary/aromatic N) is 2. The molecule has 3 heterocycles. The highest BCUT2D eigenvalue weighted by Crippen LogP contribution is 2.44. The topological polar surface area (TPSA) is 94.7 Å². The molecule has 5 aromatic rings. The van der Waals surface area contributed by atoms with Crippen molar-refractivity contribution in [2.24, 2.45) is 0 Å². The number of imide groups is 1. The summed E-state index contributed by atoms with van der Waals surface area (Å²) in [5.74, 6) is 0.161. The maximum Gasteiger partial charge on any atom is 0.332 e. The van der Waals surface area contributed by atoms with Gasteiger partial charge in [-0.1, -0.05) is 66.2 Å². The molecule has 0 spiro atoms. The number of aromatic amines is 1. The number of methoxy groups -OCH3 is 1. The van der Waals surface area contributed by atoms with Gasteiger partial charge in [-0.25, -0.2) is 9.69 Å². The predicted molar refractivity (Wildman–Crippen MR) is 164 cm³/mol. The van der Waals surface area contributed by atoms with Gasteiger partial charge in [-0.3, -0.25) is 14.5 Å². The fraction of sp³-hybridized carbons (Fsp3) is 0.171. The third-order valence-corrected chi connectivity index (χ3v) is 8.46. The number of H-pyrrole nitrogens is 1. The van der Waals surface area contributed by atoms with Crippen molar-refractivity contribution in [3.63, 3.8) is 0 Å². The molecule has 1 aromatic heterocycles. The highest BCUT2D eigenvalue weighted by atomic mass is 16.5. The van der Waals surface area contributed by atoms with Crippen LogP contribution < -0.4 is 15.0 Å². The predicted octanol–water partition coefficient (Wildman–Crippen LogP) is 5.90. The van der Waals surface area contributed by atoms with E-state index in [0.29, 0.717) is 30.0 Å². The number of anilines is 1. The summed E-state index contributed by atoms with van der Waals surface area (Å²) in [6, 6.07) is 28.8. The standard InChI is InChI=1S/C35H30N4O4/c1-21-11-13-22(14-12-21)32-31-27(26-8-4-5-9-28(26)37-31)19-29-34(41)38(35(42)39(29)32)25-17-15-23(16-18-25)33(40)36-20-24-7-3-6-10-30(24)43-2/h3-18,29,32,37H,19-20H2,1-2H3,(H,36,40)/t29-,32+/m0/s1. The van der Waals surface area contributed by atoms with E-state index in [4.69, 9.17) is 4.74 Å². The van der Waals surface area contributed by atoms with E-state index in [0.717, 1.165) is 38.9 Å². The molecule has 8 heteroatoms. The first-order valence-corrected chi connectivity index (χ1v) is 14.3. The van der Waals surface area contributed by atoms with Gasteiger partial charge in [0, 0.05) is 40.7 Å². The van der Waals surface area contributed by atoms with E-state index in [1.165, 1.54) is 4.90 Å². The normalized spacial score (nSPS) is 17.6. The Kier molecular flexibility index (Phi) is 6.46. The Morgan fingerprint density at radius 2 is 1.65 bits per heavy atom. The first-order chi connectivity index (χ1) is 20.9. The molecule has 2 aliphatic rings. The summed E-state index contributed by atoms with van der Waals surface area (Å²) in [4.78, 5) is 47.5. The van der Waals surface area contributed by atoms with Gasteiger partial charge in [0.15, 0.2) is 0 Å². The third kappa shape index (κ3) is 4.43. The summed E-state index contributed by atoms with van der Waals surface area (Å²) in [5.41, 5.74) is 6.76. The molecule has 0 radical (unpaired) electrons. The SMILES string of the molecule is COc1ccccc1CNC(=O)c1ccc(N2C(=O)[C@@H]3Cc4c([nH]c5ccccc45)[C@@H](c4ccc(C)cc4)N3C2=O)cc1. The lowest BCUT2D eigenvalue weighted by Crippen LogP contribution is -2.44. The molecule has 0 aliphatic carbocycles. The Labute approximate surface area is 248 Å². The number of benzene rings is 4. The molecular weight excluding hydrogens is 540 g/mol. The second kappa shape index (κ2) is 10.5. The van der Waals surface area contributed by atoms with E-state index in [1.807, 2.05) is 73.7 Å². The van der Waals surface area contributed by atoms with Gasteiger partial charge in [0.25, 0.3) is 11.8 Å². The molecule has 8 nitrogen and oxygen atoms in total. The summed E-state index contributed by atoms with van der Waals surface area (Å²) in [7, 11) is 1.59. The monoisotopic (exact) mass is 570 g/mol. The third-order valence-electron chi connectivity index (χ3n) is 8.46. The van der Waals surface area contributed by atoms with E-state index in [2.05, 4.69) is 16.4 Å². The number of hydrogen-bond acceptors (Lipinski definition) is 4. The summed E-state index contributed by atoms with van der Waals surface area (Å²) < 4.78 is 5.37. The molecule has 4 aromatic carbocycles. The van der Waals surface area contributed by atoms with Crippen LogP contribution in [0.1, 0.15) is 44.3 Å². The number of aromatic nitrogens is 1. The van der Waals surface area contributed by atoms with Crippen molar-refractivity contribution in [3.05, 3.63) is 131 Å². The van der Waals surface area contributed by atoms with Crippen molar-refractivity contribution in [3.8, 4) is 5.75 Å². The average molecular weight is 571 g/mol. The molecule has 7 rings (SSSR count). The van der Waals surface area contributed by atoms with Crippen LogP contribution in [-0.2, 0) is 17.8 Å². The molecule has 1 saturated heterocycles. The van der Waals surface area contributed by atoms with Crippen LogP contribution in [0.4, 0.5) is 10.5 Å². The lowest BCUT2D eigenvalue weighted by atomic mass is 9.88. The van der Waals surface area contributed by atoms with E-state index in [9.17, 15) is 14.4 Å². The van der Waals surface area contributed by atoms with Gasteiger partial charge >= 0.3 is 6.03 Å². The maximum absolute atomic E-state index is 14.1. The first-order valence-electron chi connectivity index (χ1n) is 14.3. The maximum atomic E-state index is 14.1. The molecule has 2 N–H and O–H groups in total. The first kappa shape index (κ1) is 26.5. The number of rotatable bonds is 6. The van der Waals surface area contributed by atoms with Gasteiger partial charge in [-0.15, -0.1) is 0 Å². The number of carbonyl (C=O) groups excluding carboxylic acids is 3. The van der Waals surface area contributed by atoms with Crippen LogP contribution in [-0.4, -0.2) is 40.9 Å². The van der Waals surface area contributed by atoms with Crippen molar-refractivity contribution >= 4 is 34.4 Å². The van der Waals surface area contributed by atoms with E-state index >= 15 is 0 Å². The second-order valence-electron chi connectivity index (χ2n) is 11.0. The number of carbonyl (C=O) groups is 3. The number of amides is 4. The van der Waals surface area contributed by atoms with Crippen LogP contribution in [0.25, 0.3) is 10.9 Å². The zero-order chi connectivity index (χ0) is 29.7. The minimum Gasteiger partial charge on any atom is -0.496 e. The van der Waals surface area contributed by atoms with Gasteiger partial charge in [0.05, 0.1) is 12.8 Å². The Balaban J connectivity index is 1.18. The molecule has 1 fully saturated rings. The Hall–Kier alpha value is -5.37. The van der Waals surface area contributed by atoms with Crippen LogP contribution in [0.2, 0.25) is 0 Å². The van der Waals surface area contributed by atoms with Crippen LogP contribution in [0, 0.1) is 6.92 Å². The molecule has 214 valence electrons. The van der Waals surface area contributed by atoms with Crippen LogP contribution in [0.3, 0.4) is 0 Å². The van der Waals surface area contributed by atoms with Gasteiger partial charge < -0.3 is 15.0 Å². The fourth-order valence-electron chi connectivity index (χ4n) is 6.30. The Morgan fingerprint density at radius 3 is 2.42 bits per heavy atom. The summed E-state index contributed by atoms with van der Waals surface area (Å²) >= 11 is 0. The Bertz CT molecular complexity index is 1880. The molecule has 0 bridgehead atoms. The quantitative estimate of drug-likeness (QED) is 0.249. The second-order valence-corrected chi connectivity index (χ2v) is 11.0. The van der Waals surface area contributed by atoms with Crippen molar-refractivity contribution in [1.82, 2.24) is 15.2 Å².